The topological polar surface area (TPSA) is 68.2 Å². The molecule has 1 aliphatic heterocycles. The monoisotopic (exact) mass is 314 g/mol. The van der Waals surface area contributed by atoms with Crippen molar-refractivity contribution >= 4 is 18.3 Å². The molecule has 1 aromatic heterocycles. The maximum atomic E-state index is 12.4. The summed E-state index contributed by atoms with van der Waals surface area (Å²) in [5.41, 5.74) is 2.40. The first kappa shape index (κ1) is 16.3. The Labute approximate surface area is 131 Å². The number of carbonyl (C=O) groups is 1. The van der Waals surface area contributed by atoms with Gasteiger partial charge >= 0.3 is 0 Å². The van der Waals surface area contributed by atoms with Crippen LogP contribution in [0.3, 0.4) is 0 Å². The van der Waals surface area contributed by atoms with E-state index in [1.54, 1.807) is 0 Å². The van der Waals surface area contributed by atoms with Gasteiger partial charge in [0.2, 0.25) is 5.91 Å². The predicted molar refractivity (Wildman–Crippen MR) is 81.5 cm³/mol. The highest BCUT2D eigenvalue weighted by molar-refractivity contribution is 5.85. The van der Waals surface area contributed by atoms with Crippen molar-refractivity contribution in [2.24, 2.45) is 7.05 Å². The molecule has 0 saturated carbocycles. The van der Waals surface area contributed by atoms with Crippen molar-refractivity contribution in [3.05, 3.63) is 17.5 Å². The second-order valence-corrected chi connectivity index (χ2v) is 5.63. The summed E-state index contributed by atoms with van der Waals surface area (Å²) in [6.45, 7) is 3.33. The Hall–Kier alpha value is -1.11. The van der Waals surface area contributed by atoms with Crippen LogP contribution in [0, 0.1) is 0 Å². The van der Waals surface area contributed by atoms with Gasteiger partial charge in [-0.3, -0.25) is 9.48 Å². The molecule has 1 aliphatic carbocycles. The van der Waals surface area contributed by atoms with E-state index in [1.165, 1.54) is 5.69 Å². The van der Waals surface area contributed by atoms with Gasteiger partial charge in [-0.1, -0.05) is 0 Å². The van der Waals surface area contributed by atoms with Gasteiger partial charge in [0.1, 0.15) is 6.04 Å². The number of nitrogens with one attached hydrogen (secondary N) is 2. The van der Waals surface area contributed by atoms with Gasteiger partial charge < -0.3 is 15.4 Å². The number of carbonyl (C=O) groups excluding carboxylic acids is 1. The summed E-state index contributed by atoms with van der Waals surface area (Å²) in [5.74, 6) is 0.0268. The number of halogens is 1. The predicted octanol–water partition coefficient (Wildman–Crippen LogP) is 0.712. The van der Waals surface area contributed by atoms with Crippen molar-refractivity contribution in [1.82, 2.24) is 20.4 Å². The summed E-state index contributed by atoms with van der Waals surface area (Å²) in [6, 6.07) is -0.179. The summed E-state index contributed by atoms with van der Waals surface area (Å²) < 4.78 is 7.45. The lowest BCUT2D eigenvalue weighted by atomic mass is 9.92. The number of nitrogens with zero attached hydrogens (tertiary/aromatic N) is 2. The smallest absolute Gasteiger partial charge is 0.240 e. The first-order chi connectivity index (χ1) is 9.66. The fraction of sp³-hybridized carbons (Fsp3) is 0.714. The van der Waals surface area contributed by atoms with Crippen LogP contribution >= 0.6 is 12.4 Å². The minimum absolute atomic E-state index is 0. The average molecular weight is 315 g/mol. The molecule has 7 heteroatoms. The molecule has 1 saturated heterocycles. The minimum Gasteiger partial charge on any atom is -0.375 e. The minimum atomic E-state index is -0.259. The van der Waals surface area contributed by atoms with Crippen LogP contribution in [-0.4, -0.2) is 41.0 Å². The Morgan fingerprint density at radius 1 is 1.57 bits per heavy atom. The van der Waals surface area contributed by atoms with Crippen LogP contribution in [-0.2, 0) is 23.0 Å². The van der Waals surface area contributed by atoms with E-state index in [-0.39, 0.29) is 36.5 Å². The van der Waals surface area contributed by atoms with Crippen LogP contribution in [0.1, 0.15) is 37.1 Å². The molecule has 0 radical (unpaired) electrons. The van der Waals surface area contributed by atoms with Crippen LogP contribution < -0.4 is 10.6 Å². The van der Waals surface area contributed by atoms with E-state index in [2.05, 4.69) is 15.7 Å². The van der Waals surface area contributed by atoms with Gasteiger partial charge in [-0.25, -0.2) is 0 Å². The standard InChI is InChI=1S/C14H22N4O2.ClH/c1-9-13(15-6-7-20-9)14(19)17-11-4-3-5-12-10(11)8-16-18(12)2;/h8-9,11,13,15H,3-7H2,1-2H3,(H,17,19);1H/t9-,11?,13+;/m1./s1. The lowest BCUT2D eigenvalue weighted by Gasteiger charge is -2.31. The highest BCUT2D eigenvalue weighted by atomic mass is 35.5. The number of amides is 1. The van der Waals surface area contributed by atoms with Gasteiger partial charge in [0.15, 0.2) is 0 Å². The van der Waals surface area contributed by atoms with Gasteiger partial charge in [-0.15, -0.1) is 12.4 Å². The van der Waals surface area contributed by atoms with E-state index in [0.717, 1.165) is 31.4 Å². The summed E-state index contributed by atoms with van der Waals surface area (Å²) >= 11 is 0. The maximum absolute atomic E-state index is 12.4. The van der Waals surface area contributed by atoms with Crippen molar-refractivity contribution in [1.29, 1.82) is 0 Å². The van der Waals surface area contributed by atoms with Crippen molar-refractivity contribution in [3.63, 3.8) is 0 Å². The first-order valence-corrected chi connectivity index (χ1v) is 7.33. The molecular formula is C14H23ClN4O2. The molecule has 2 heterocycles. The van der Waals surface area contributed by atoms with Gasteiger partial charge in [0, 0.05) is 24.8 Å². The number of hydrogen-bond donors (Lipinski definition) is 2. The molecule has 2 aliphatic rings. The van der Waals surface area contributed by atoms with Gasteiger partial charge in [0.25, 0.3) is 0 Å². The summed E-state index contributed by atoms with van der Waals surface area (Å²) in [4.78, 5) is 12.4. The third-order valence-electron chi connectivity index (χ3n) is 4.29. The zero-order chi connectivity index (χ0) is 14.1. The van der Waals surface area contributed by atoms with Gasteiger partial charge in [-0.05, 0) is 26.2 Å². The van der Waals surface area contributed by atoms with Crippen molar-refractivity contribution < 1.29 is 9.53 Å². The molecule has 21 heavy (non-hydrogen) atoms. The number of aryl methyl sites for hydroxylation is 1. The van der Waals surface area contributed by atoms with Crippen molar-refractivity contribution in [3.8, 4) is 0 Å². The Kier molecular flexibility index (Phi) is 5.24. The lowest BCUT2D eigenvalue weighted by Crippen LogP contribution is -2.56. The Bertz CT molecular complexity index is 505. The third-order valence-corrected chi connectivity index (χ3v) is 4.29. The second-order valence-electron chi connectivity index (χ2n) is 5.63. The highest BCUT2D eigenvalue weighted by Gasteiger charge is 2.31. The lowest BCUT2D eigenvalue weighted by molar-refractivity contribution is -0.129. The van der Waals surface area contributed by atoms with Gasteiger partial charge in [0.05, 0.1) is 24.9 Å². The normalized spacial score (nSPS) is 28.4. The number of hydrogen-bond acceptors (Lipinski definition) is 4. The molecule has 1 fully saturated rings. The summed E-state index contributed by atoms with van der Waals surface area (Å²) in [6.07, 6.45) is 4.90. The molecule has 0 aromatic carbocycles. The zero-order valence-electron chi connectivity index (χ0n) is 12.5. The molecule has 1 aromatic rings. The summed E-state index contributed by atoms with van der Waals surface area (Å²) in [5, 5.41) is 10.7. The van der Waals surface area contributed by atoms with E-state index >= 15 is 0 Å². The molecule has 3 atom stereocenters. The zero-order valence-corrected chi connectivity index (χ0v) is 13.3. The van der Waals surface area contributed by atoms with Crippen LogP contribution in [0.2, 0.25) is 0 Å². The van der Waals surface area contributed by atoms with E-state index in [4.69, 9.17) is 4.74 Å². The molecule has 6 nitrogen and oxygen atoms in total. The second kappa shape index (κ2) is 6.77. The van der Waals surface area contributed by atoms with Crippen LogP contribution in [0.4, 0.5) is 0 Å². The van der Waals surface area contributed by atoms with Gasteiger partial charge in [-0.2, -0.15) is 5.10 Å². The van der Waals surface area contributed by atoms with Crippen LogP contribution in [0.15, 0.2) is 6.20 Å². The number of morpholine rings is 1. The Balaban J connectivity index is 0.00000161. The SMILES string of the molecule is C[C@H]1OCCN[C@@H]1C(=O)NC1CCCc2c1cnn2C.Cl. The van der Waals surface area contributed by atoms with Crippen LogP contribution in [0.25, 0.3) is 0 Å². The maximum Gasteiger partial charge on any atom is 0.240 e. The molecule has 1 amide bonds. The van der Waals surface area contributed by atoms with Crippen molar-refractivity contribution in [2.45, 2.75) is 44.4 Å². The quantitative estimate of drug-likeness (QED) is 0.844. The number of ether oxygens (including phenoxy) is 1. The average Bonchev–Trinajstić information content (AvgIpc) is 2.82. The molecule has 2 N–H and O–H groups in total. The molecule has 1 unspecified atom stereocenters. The summed E-state index contributed by atoms with van der Waals surface area (Å²) in [7, 11) is 1.96. The molecule has 0 bridgehead atoms. The van der Waals surface area contributed by atoms with E-state index < -0.39 is 0 Å². The Morgan fingerprint density at radius 3 is 3.14 bits per heavy atom. The number of rotatable bonds is 2. The first-order valence-electron chi connectivity index (χ1n) is 7.33. The molecular weight excluding hydrogens is 292 g/mol. The molecule has 118 valence electrons. The fourth-order valence-corrected chi connectivity index (χ4v) is 3.14. The van der Waals surface area contributed by atoms with Crippen LogP contribution in [0.5, 0.6) is 0 Å². The Morgan fingerprint density at radius 2 is 2.38 bits per heavy atom. The van der Waals surface area contributed by atoms with E-state index in [0.29, 0.717) is 6.61 Å². The third kappa shape index (κ3) is 3.22. The van der Waals surface area contributed by atoms with Crippen molar-refractivity contribution in [2.75, 3.05) is 13.2 Å². The molecule has 0 spiro atoms. The largest absolute Gasteiger partial charge is 0.375 e. The van der Waals surface area contributed by atoms with E-state index in [1.807, 2.05) is 24.9 Å². The highest BCUT2D eigenvalue weighted by Crippen LogP contribution is 2.29. The molecule has 3 rings (SSSR count). The fourth-order valence-electron chi connectivity index (χ4n) is 3.14. The number of aromatic nitrogens is 2. The van der Waals surface area contributed by atoms with E-state index in [9.17, 15) is 4.79 Å². The number of fused-ring (bicyclic) bond motifs is 1.